The summed E-state index contributed by atoms with van der Waals surface area (Å²) in [6.07, 6.45) is 0. The molecule has 0 heterocycles. The summed E-state index contributed by atoms with van der Waals surface area (Å²) in [4.78, 5) is 1.07. The van der Waals surface area contributed by atoms with Gasteiger partial charge in [0.25, 0.3) is 0 Å². The monoisotopic (exact) mass is 643 g/mol. The minimum atomic E-state index is -0.851. The maximum Gasteiger partial charge on any atom is 0.0645 e. The first-order valence-electron chi connectivity index (χ1n) is 24.3. The highest BCUT2D eigenvalue weighted by Gasteiger charge is 2.22. The van der Waals surface area contributed by atoms with Gasteiger partial charge in [0.2, 0.25) is 0 Å². The zero-order valence-electron chi connectivity index (χ0n) is 43.8. The van der Waals surface area contributed by atoms with E-state index < -0.39 is 142 Å². The van der Waals surface area contributed by atoms with E-state index in [1.54, 1.807) is 24.3 Å². The van der Waals surface area contributed by atoms with Gasteiger partial charge in [-0.15, -0.1) is 0 Å². The fourth-order valence-corrected chi connectivity index (χ4v) is 5.63. The van der Waals surface area contributed by atoms with Crippen LogP contribution in [-0.4, -0.2) is 0 Å². The molecule has 0 saturated heterocycles. The SMILES string of the molecule is [2H]c1c([2H])c([2H])c(-c2c([2H])c([2H])c(N(c3cccc(-c4ccccc4)c3-c3ccccc3-c3ccccc3)c3c([2H])c([2H])c(-c4c([2H])c([2H])c([2H])c([2H])c4[2H])c([2H])c3[2H])c([2H])c2[2H])c([2H])c1[2H]. The molecule has 0 N–H and O–H groups in total. The van der Waals surface area contributed by atoms with Crippen LogP contribution in [0.2, 0.25) is 0 Å². The second kappa shape index (κ2) is 13.7. The Bertz CT molecular complexity index is 3090. The molecular formula is C48H35N. The average Bonchev–Trinajstić information content (AvgIpc) is 3.34. The van der Waals surface area contributed by atoms with Gasteiger partial charge in [0.1, 0.15) is 0 Å². The Balaban J connectivity index is 1.57. The number of anilines is 3. The van der Waals surface area contributed by atoms with E-state index in [0.717, 1.165) is 10.5 Å². The van der Waals surface area contributed by atoms with Crippen LogP contribution in [0.25, 0.3) is 55.6 Å². The average molecular weight is 644 g/mol. The van der Waals surface area contributed by atoms with Crippen molar-refractivity contribution in [2.45, 2.75) is 0 Å². The molecule has 8 aromatic carbocycles. The molecule has 0 aliphatic heterocycles. The molecule has 8 aromatic rings. The lowest BCUT2D eigenvalue weighted by molar-refractivity contribution is 1.28. The van der Waals surface area contributed by atoms with Crippen molar-refractivity contribution < 1.29 is 24.7 Å². The van der Waals surface area contributed by atoms with Crippen molar-refractivity contribution in [1.29, 1.82) is 0 Å². The molecular weight excluding hydrogens is 591 g/mol. The first-order chi connectivity index (χ1) is 31.8. The van der Waals surface area contributed by atoms with Crippen LogP contribution in [0.1, 0.15) is 24.7 Å². The zero-order chi connectivity index (χ0) is 48.5. The summed E-state index contributed by atoms with van der Waals surface area (Å²) in [6.45, 7) is 0. The number of rotatable bonds is 8. The van der Waals surface area contributed by atoms with E-state index in [4.69, 9.17) is 13.7 Å². The summed E-state index contributed by atoms with van der Waals surface area (Å²) < 4.78 is 160. The van der Waals surface area contributed by atoms with Gasteiger partial charge in [-0.1, -0.05) is 182 Å². The Labute approximate surface area is 314 Å². The third kappa shape index (κ3) is 6.18. The van der Waals surface area contributed by atoms with Crippen LogP contribution in [0, 0.1) is 0 Å². The molecule has 0 aliphatic carbocycles. The Morgan fingerprint density at radius 1 is 0.306 bits per heavy atom. The van der Waals surface area contributed by atoms with Gasteiger partial charge in [-0.3, -0.25) is 0 Å². The molecule has 0 spiro atoms. The summed E-state index contributed by atoms with van der Waals surface area (Å²) in [5, 5.41) is 0. The lowest BCUT2D eigenvalue weighted by atomic mass is 9.87. The van der Waals surface area contributed by atoms with Crippen molar-refractivity contribution in [1.82, 2.24) is 0 Å². The van der Waals surface area contributed by atoms with Gasteiger partial charge in [0, 0.05) is 16.9 Å². The molecule has 0 radical (unpaired) electrons. The normalized spacial score (nSPS) is 16.0. The van der Waals surface area contributed by atoms with Gasteiger partial charge in [-0.25, -0.2) is 0 Å². The molecule has 0 saturated carbocycles. The molecule has 0 aliphatic rings. The third-order valence-corrected chi connectivity index (χ3v) is 7.82. The maximum absolute atomic E-state index is 9.65. The first kappa shape index (κ1) is 16.1. The van der Waals surface area contributed by atoms with Gasteiger partial charge in [0.15, 0.2) is 0 Å². The quantitative estimate of drug-likeness (QED) is 0.159. The van der Waals surface area contributed by atoms with E-state index in [0.29, 0.717) is 27.8 Å². The summed E-state index contributed by atoms with van der Waals surface area (Å²) in [6, 6.07) is 16.2. The fourth-order valence-electron chi connectivity index (χ4n) is 5.63. The smallest absolute Gasteiger partial charge is 0.0645 e. The Morgan fingerprint density at radius 2 is 0.714 bits per heavy atom. The fraction of sp³-hybridized carbons (Fsp3) is 0. The standard InChI is InChI=1S/C48H35N/c1-5-16-36(17-6-1)38-28-32-42(33-29-38)49(43-34-30-39(31-35-43)37-18-7-2-8-19-37)47-27-15-26-45(41-22-11-4-12-23-41)48(47)46-25-14-13-24-44(46)40-20-9-3-10-21-40/h1-35H/i1D,2D,5D,6D,7D,8D,16D,17D,18D,19D,28D,29D,30D,31D,32D,33D,34D,35D. The van der Waals surface area contributed by atoms with E-state index in [2.05, 4.69) is 0 Å². The summed E-state index contributed by atoms with van der Waals surface area (Å²) in [5.74, 6) is 0. The molecule has 0 fully saturated rings. The summed E-state index contributed by atoms with van der Waals surface area (Å²) >= 11 is 0. The van der Waals surface area contributed by atoms with Crippen LogP contribution < -0.4 is 4.90 Å². The highest BCUT2D eigenvalue weighted by molar-refractivity contribution is 6.01. The largest absolute Gasteiger partial charge is 0.310 e. The summed E-state index contributed by atoms with van der Waals surface area (Å²) in [5.41, 5.74) is 0.0226. The molecule has 8 rings (SSSR count). The van der Waals surface area contributed by atoms with Crippen molar-refractivity contribution in [3.05, 3.63) is 212 Å². The molecule has 49 heavy (non-hydrogen) atoms. The van der Waals surface area contributed by atoms with Crippen LogP contribution in [0.15, 0.2) is 212 Å². The minimum Gasteiger partial charge on any atom is -0.310 e. The lowest BCUT2D eigenvalue weighted by Crippen LogP contribution is -2.12. The Hall–Kier alpha value is -6.44. The second-order valence-electron chi connectivity index (χ2n) is 10.8. The minimum absolute atomic E-state index is 0.0393. The van der Waals surface area contributed by atoms with E-state index in [-0.39, 0.29) is 5.69 Å². The van der Waals surface area contributed by atoms with Crippen LogP contribution in [-0.2, 0) is 0 Å². The maximum atomic E-state index is 9.65. The van der Waals surface area contributed by atoms with Crippen LogP contribution >= 0.6 is 0 Å². The van der Waals surface area contributed by atoms with Gasteiger partial charge >= 0.3 is 0 Å². The highest BCUT2D eigenvalue weighted by Crippen LogP contribution is 2.48. The van der Waals surface area contributed by atoms with Gasteiger partial charge < -0.3 is 4.90 Å². The predicted molar refractivity (Wildman–Crippen MR) is 208 cm³/mol. The van der Waals surface area contributed by atoms with Crippen molar-refractivity contribution >= 4 is 17.1 Å². The molecule has 1 nitrogen and oxygen atoms in total. The number of hydrogen-bond donors (Lipinski definition) is 0. The van der Waals surface area contributed by atoms with E-state index in [1.807, 2.05) is 78.9 Å². The van der Waals surface area contributed by atoms with Gasteiger partial charge in [-0.2, -0.15) is 0 Å². The second-order valence-corrected chi connectivity index (χ2v) is 10.8. The zero-order valence-corrected chi connectivity index (χ0v) is 25.8. The van der Waals surface area contributed by atoms with Crippen LogP contribution in [0.3, 0.4) is 0 Å². The van der Waals surface area contributed by atoms with E-state index >= 15 is 0 Å². The molecule has 0 amide bonds. The van der Waals surface area contributed by atoms with Crippen molar-refractivity contribution in [2.24, 2.45) is 0 Å². The molecule has 0 bridgehead atoms. The number of hydrogen-bond acceptors (Lipinski definition) is 1. The molecule has 1 heteroatoms. The summed E-state index contributed by atoms with van der Waals surface area (Å²) in [7, 11) is 0. The van der Waals surface area contributed by atoms with Gasteiger partial charge in [-0.05, 0) is 80.3 Å². The van der Waals surface area contributed by atoms with E-state index in [9.17, 15) is 11.0 Å². The lowest BCUT2D eigenvalue weighted by Gasteiger charge is -2.30. The van der Waals surface area contributed by atoms with Crippen molar-refractivity contribution in [3.63, 3.8) is 0 Å². The van der Waals surface area contributed by atoms with Crippen molar-refractivity contribution in [2.75, 3.05) is 4.90 Å². The highest BCUT2D eigenvalue weighted by atomic mass is 15.1. The Kier molecular flexibility index (Phi) is 4.51. The third-order valence-electron chi connectivity index (χ3n) is 7.82. The van der Waals surface area contributed by atoms with E-state index in [1.165, 1.54) is 0 Å². The number of benzene rings is 8. The van der Waals surface area contributed by atoms with Crippen LogP contribution in [0.5, 0.6) is 0 Å². The van der Waals surface area contributed by atoms with Crippen LogP contribution in [0.4, 0.5) is 17.1 Å². The van der Waals surface area contributed by atoms with Gasteiger partial charge in [0.05, 0.1) is 30.4 Å². The molecule has 0 atom stereocenters. The molecule has 0 unspecified atom stereocenters. The van der Waals surface area contributed by atoms with Crippen molar-refractivity contribution in [3.8, 4) is 55.6 Å². The topological polar surface area (TPSA) is 3.24 Å². The first-order valence-corrected chi connectivity index (χ1v) is 15.3. The molecule has 232 valence electrons. The Morgan fingerprint density at radius 3 is 1.22 bits per heavy atom. The molecule has 0 aromatic heterocycles. The number of nitrogens with zero attached hydrogens (tertiary/aromatic N) is 1. The predicted octanol–water partition coefficient (Wildman–Crippen LogP) is 13.5.